The van der Waals surface area contributed by atoms with E-state index in [0.29, 0.717) is 18.2 Å². The lowest BCUT2D eigenvalue weighted by Crippen LogP contribution is -2.28. The van der Waals surface area contributed by atoms with Crippen LogP contribution in [0.3, 0.4) is 0 Å². The number of hydrogen-bond acceptors (Lipinski definition) is 3. The van der Waals surface area contributed by atoms with Crippen LogP contribution in [0.15, 0.2) is 18.2 Å². The van der Waals surface area contributed by atoms with E-state index < -0.39 is 8.03 Å². The van der Waals surface area contributed by atoms with Gasteiger partial charge in [-0.3, -0.25) is 4.57 Å². The van der Waals surface area contributed by atoms with Gasteiger partial charge in [0, 0.05) is 42.7 Å². The Morgan fingerprint density at radius 2 is 1.95 bits per heavy atom. The van der Waals surface area contributed by atoms with Gasteiger partial charge in [0.1, 0.15) is 0 Å². The number of benzene rings is 1. The van der Waals surface area contributed by atoms with Crippen molar-refractivity contribution in [1.29, 1.82) is 0 Å². The molecule has 0 saturated heterocycles. The van der Waals surface area contributed by atoms with Crippen LogP contribution in [0.2, 0.25) is 0 Å². The van der Waals surface area contributed by atoms with Gasteiger partial charge >= 0.3 is 0 Å². The third kappa shape index (κ3) is 6.58. The average molecular weight is 353 g/mol. The summed E-state index contributed by atoms with van der Waals surface area (Å²) in [6.45, 7) is 3.47. The molecular formula is C14H23Cl2N2O2P. The normalized spacial score (nSPS) is 14.0. The molecule has 3 N–H and O–H groups in total. The lowest BCUT2D eigenvalue weighted by atomic mass is 10.0. The molecule has 2 atom stereocenters. The van der Waals surface area contributed by atoms with Gasteiger partial charge < -0.3 is 15.5 Å². The van der Waals surface area contributed by atoms with Gasteiger partial charge in [0.15, 0.2) is 8.03 Å². The molecular weight excluding hydrogens is 330 g/mol. The molecule has 21 heavy (non-hydrogen) atoms. The summed E-state index contributed by atoms with van der Waals surface area (Å²) in [7, 11) is -2.53. The van der Waals surface area contributed by atoms with E-state index in [1.54, 1.807) is 0 Å². The zero-order valence-electron chi connectivity index (χ0n) is 12.2. The third-order valence-electron chi connectivity index (χ3n) is 3.33. The van der Waals surface area contributed by atoms with E-state index in [1.165, 1.54) is 0 Å². The van der Waals surface area contributed by atoms with Crippen molar-refractivity contribution in [2.45, 2.75) is 19.4 Å². The van der Waals surface area contributed by atoms with Crippen molar-refractivity contribution in [3.63, 3.8) is 0 Å². The zero-order valence-corrected chi connectivity index (χ0v) is 14.7. The number of alkyl halides is 2. The molecule has 0 aliphatic heterocycles. The molecule has 0 aliphatic rings. The highest BCUT2D eigenvalue weighted by atomic mass is 35.5. The maximum atomic E-state index is 10.9. The fraction of sp³-hybridized carbons (Fsp3) is 0.571. The Kier molecular flexibility index (Phi) is 8.69. The average Bonchev–Trinajstić information content (AvgIpc) is 2.40. The number of nitrogens with two attached hydrogens (primary N) is 1. The zero-order chi connectivity index (χ0) is 15.8. The molecule has 0 aliphatic carbocycles. The van der Waals surface area contributed by atoms with Gasteiger partial charge in [-0.05, 0) is 36.6 Å². The molecule has 0 bridgehead atoms. The summed E-state index contributed by atoms with van der Waals surface area (Å²) in [6.07, 6.45) is 0.744. The molecule has 1 aromatic rings. The van der Waals surface area contributed by atoms with Gasteiger partial charge in [0.05, 0.1) is 0 Å². The van der Waals surface area contributed by atoms with Gasteiger partial charge in [-0.25, -0.2) is 0 Å². The van der Waals surface area contributed by atoms with Gasteiger partial charge in [-0.1, -0.05) is 6.07 Å². The highest BCUT2D eigenvalue weighted by molar-refractivity contribution is 7.38. The summed E-state index contributed by atoms with van der Waals surface area (Å²) < 4.78 is 10.9. The quantitative estimate of drug-likeness (QED) is 0.529. The first-order valence-electron chi connectivity index (χ1n) is 6.91. The van der Waals surface area contributed by atoms with Crippen LogP contribution in [0.4, 0.5) is 5.69 Å². The van der Waals surface area contributed by atoms with Crippen LogP contribution in [-0.4, -0.2) is 41.9 Å². The van der Waals surface area contributed by atoms with Crippen molar-refractivity contribution in [2.24, 2.45) is 5.73 Å². The largest absolute Gasteiger partial charge is 0.369 e. The summed E-state index contributed by atoms with van der Waals surface area (Å²) in [6, 6.07) is 5.85. The Labute approximate surface area is 137 Å². The minimum absolute atomic E-state index is 0.154. The molecule has 0 spiro atoms. The first-order valence-corrected chi connectivity index (χ1v) is 9.54. The predicted molar refractivity (Wildman–Crippen MR) is 92.6 cm³/mol. The van der Waals surface area contributed by atoms with Crippen LogP contribution in [0, 0.1) is 6.92 Å². The summed E-state index contributed by atoms with van der Waals surface area (Å²) >= 11 is 11.7. The van der Waals surface area contributed by atoms with E-state index in [2.05, 4.69) is 11.0 Å². The van der Waals surface area contributed by atoms with Gasteiger partial charge in [-0.15, -0.1) is 23.2 Å². The monoisotopic (exact) mass is 352 g/mol. The second-order valence-corrected chi connectivity index (χ2v) is 6.99. The van der Waals surface area contributed by atoms with Crippen LogP contribution in [0.25, 0.3) is 0 Å². The van der Waals surface area contributed by atoms with E-state index >= 15 is 0 Å². The van der Waals surface area contributed by atoms with Crippen LogP contribution in [0.5, 0.6) is 0 Å². The number of anilines is 1. The molecule has 1 aromatic carbocycles. The number of rotatable bonds is 9. The van der Waals surface area contributed by atoms with E-state index in [0.717, 1.165) is 29.9 Å². The highest BCUT2D eigenvalue weighted by Crippen LogP contribution is 2.22. The minimum atomic E-state index is -2.53. The van der Waals surface area contributed by atoms with Crippen molar-refractivity contribution in [2.75, 3.05) is 35.9 Å². The minimum Gasteiger partial charge on any atom is -0.369 e. The first kappa shape index (κ1) is 18.8. The molecule has 0 amide bonds. The Bertz CT molecular complexity index is 468. The molecule has 4 nitrogen and oxygen atoms in total. The summed E-state index contributed by atoms with van der Waals surface area (Å²) in [4.78, 5) is 11.1. The molecule has 0 aromatic heterocycles. The van der Waals surface area contributed by atoms with Crippen LogP contribution in [-0.2, 0) is 11.0 Å². The summed E-state index contributed by atoms with van der Waals surface area (Å²) in [5.41, 5.74) is 9.21. The Morgan fingerprint density at radius 1 is 1.33 bits per heavy atom. The molecule has 1 unspecified atom stereocenters. The Balaban J connectivity index is 2.89. The Morgan fingerprint density at radius 3 is 2.48 bits per heavy atom. The summed E-state index contributed by atoms with van der Waals surface area (Å²) in [5.74, 6) is 1.07. The maximum absolute atomic E-state index is 10.9. The molecule has 0 radical (unpaired) electrons. The molecule has 120 valence electrons. The van der Waals surface area contributed by atoms with Crippen LogP contribution in [0.1, 0.15) is 11.1 Å². The van der Waals surface area contributed by atoms with Crippen LogP contribution >= 0.6 is 31.2 Å². The third-order valence-corrected chi connectivity index (χ3v) is 4.54. The smallest absolute Gasteiger partial charge is 0.190 e. The fourth-order valence-electron chi connectivity index (χ4n) is 2.23. The second-order valence-electron chi connectivity index (χ2n) is 5.04. The molecule has 7 heteroatoms. The number of nitrogens with zero attached hydrogens (tertiary/aromatic N) is 1. The molecule has 0 fully saturated rings. The van der Waals surface area contributed by atoms with Crippen molar-refractivity contribution >= 4 is 36.9 Å². The van der Waals surface area contributed by atoms with E-state index in [1.807, 2.05) is 19.1 Å². The Hall–Kier alpha value is -0.250. The highest BCUT2D eigenvalue weighted by Gasteiger charge is 2.12. The fourth-order valence-corrected chi connectivity index (χ4v) is 3.23. The maximum Gasteiger partial charge on any atom is 0.190 e. The number of aryl methyl sites for hydroxylation is 1. The van der Waals surface area contributed by atoms with Crippen LogP contribution < -0.4 is 10.6 Å². The topological polar surface area (TPSA) is 66.6 Å². The van der Waals surface area contributed by atoms with Crippen molar-refractivity contribution < 1.29 is 9.46 Å². The van der Waals surface area contributed by atoms with Gasteiger partial charge in [-0.2, -0.15) is 0 Å². The van der Waals surface area contributed by atoms with Crippen molar-refractivity contribution in [1.82, 2.24) is 0 Å². The summed E-state index contributed by atoms with van der Waals surface area (Å²) in [5, 5.41) is 0. The lowest BCUT2D eigenvalue weighted by molar-refractivity contribution is 0.496. The lowest BCUT2D eigenvalue weighted by Gasteiger charge is -2.24. The van der Waals surface area contributed by atoms with E-state index in [9.17, 15) is 4.57 Å². The van der Waals surface area contributed by atoms with E-state index in [-0.39, 0.29) is 12.2 Å². The molecule has 0 saturated carbocycles. The SMILES string of the molecule is Cc1ccc(N(CCCl)CCCl)cc1C[C@H](N)C[PH](=O)O. The van der Waals surface area contributed by atoms with Crippen molar-refractivity contribution in [3.8, 4) is 0 Å². The van der Waals surface area contributed by atoms with Gasteiger partial charge in [0.2, 0.25) is 0 Å². The second kappa shape index (κ2) is 9.70. The standard InChI is InChI=1S/C14H23Cl2N2O2P/c1-11-2-3-14(18(6-4-15)7-5-16)9-12(11)8-13(17)10-21(19)20/h2-3,9,13,21H,4-8,10,17H2,1H3,(H,19,20)/t13-/m0/s1. The van der Waals surface area contributed by atoms with Crippen molar-refractivity contribution in [3.05, 3.63) is 29.3 Å². The number of hydrogen-bond donors (Lipinski definition) is 2. The van der Waals surface area contributed by atoms with E-state index in [4.69, 9.17) is 33.8 Å². The molecule has 0 heterocycles. The molecule has 1 rings (SSSR count). The van der Waals surface area contributed by atoms with Gasteiger partial charge in [0.25, 0.3) is 0 Å². The first-order chi connectivity index (χ1) is 9.97. The predicted octanol–water partition coefficient (Wildman–Crippen LogP) is 2.62. The number of halogens is 2.